The maximum absolute atomic E-state index is 2.30. The van der Waals surface area contributed by atoms with Gasteiger partial charge in [0, 0.05) is 96.3 Å². The van der Waals surface area contributed by atoms with Crippen LogP contribution in [-0.4, -0.2) is 56.4 Å². The van der Waals surface area contributed by atoms with Crippen LogP contribution in [0.2, 0.25) is 0 Å². The van der Waals surface area contributed by atoms with Gasteiger partial charge in [-0.05, 0) is 34.0 Å². The molecule has 0 atom stereocenters. The average Bonchev–Trinajstić information content (AvgIpc) is 2.77. The van der Waals surface area contributed by atoms with Gasteiger partial charge in [-0.15, -0.1) is 0 Å². The highest BCUT2D eigenvalue weighted by atomic mass is 15.1. The predicted octanol–water partition coefficient (Wildman–Crippen LogP) is 5.85. The Labute approximate surface area is 198 Å². The first kappa shape index (κ1) is 22.8. The van der Waals surface area contributed by atoms with E-state index in [-0.39, 0.29) is 0 Å². The third kappa shape index (κ3) is 4.06. The van der Waals surface area contributed by atoms with Gasteiger partial charge in [0.25, 0.3) is 0 Å². The molecule has 4 aromatic rings. The molecule has 0 N–H and O–H groups in total. The monoisotopic (exact) mass is 440 g/mol. The molecule has 172 valence electrons. The van der Waals surface area contributed by atoms with Crippen molar-refractivity contribution in [1.82, 2.24) is 0 Å². The van der Waals surface area contributed by atoms with E-state index in [2.05, 4.69) is 137 Å². The topological polar surface area (TPSA) is 13.0 Å². The molecule has 0 unspecified atom stereocenters. The first-order valence-corrected chi connectivity index (χ1v) is 11.5. The molecule has 0 heterocycles. The van der Waals surface area contributed by atoms with Gasteiger partial charge in [-0.1, -0.05) is 48.5 Å². The summed E-state index contributed by atoms with van der Waals surface area (Å²) in [5.74, 6) is 0. The predicted molar refractivity (Wildman–Crippen MR) is 148 cm³/mol. The molecule has 4 nitrogen and oxygen atoms in total. The fraction of sp³-hybridized carbons (Fsp3) is 0.310. The molecule has 0 bridgehead atoms. The molecule has 0 spiro atoms. The lowest BCUT2D eigenvalue weighted by atomic mass is 9.93. The maximum atomic E-state index is 2.30. The molecule has 0 amide bonds. The fourth-order valence-corrected chi connectivity index (χ4v) is 5.03. The van der Waals surface area contributed by atoms with E-state index in [0.717, 1.165) is 6.42 Å². The molecule has 0 saturated carbocycles. The van der Waals surface area contributed by atoms with Crippen molar-refractivity contribution in [3.05, 3.63) is 71.8 Å². The Morgan fingerprint density at radius 1 is 0.455 bits per heavy atom. The van der Waals surface area contributed by atoms with Crippen LogP contribution in [0.3, 0.4) is 0 Å². The third-order valence-corrected chi connectivity index (χ3v) is 6.40. The van der Waals surface area contributed by atoms with E-state index in [1.54, 1.807) is 0 Å². The molecule has 33 heavy (non-hydrogen) atoms. The highest BCUT2D eigenvalue weighted by Crippen LogP contribution is 2.41. The lowest BCUT2D eigenvalue weighted by Gasteiger charge is -2.27. The summed E-state index contributed by atoms with van der Waals surface area (Å²) in [6.07, 6.45) is 0.871. The van der Waals surface area contributed by atoms with Crippen LogP contribution in [-0.2, 0) is 6.42 Å². The summed E-state index contributed by atoms with van der Waals surface area (Å²) in [5, 5.41) is 5.17. The molecule has 0 aliphatic carbocycles. The fourth-order valence-electron chi connectivity index (χ4n) is 5.03. The Morgan fingerprint density at radius 2 is 0.848 bits per heavy atom. The summed E-state index contributed by atoms with van der Waals surface area (Å²) in [6.45, 7) is 0. The molecule has 0 aliphatic heterocycles. The highest BCUT2D eigenvalue weighted by molar-refractivity contribution is 6.06. The first-order valence-electron chi connectivity index (χ1n) is 11.5. The standard InChI is InChI=1S/C29H36N4/c1-30(2)24-13-9-11-20-15-17-22(28(26(20)24)32(5)6)19-23-18-16-21-12-10-14-25(31(3)4)27(21)29(23)33(7)8/h9-18H,19H2,1-8H3. The minimum absolute atomic E-state index is 0.871. The Kier molecular flexibility index (Phi) is 6.11. The number of anilines is 4. The lowest BCUT2D eigenvalue weighted by molar-refractivity contribution is 1.06. The van der Waals surface area contributed by atoms with Crippen molar-refractivity contribution in [1.29, 1.82) is 0 Å². The summed E-state index contributed by atoms with van der Waals surface area (Å²) in [5.41, 5.74) is 7.77. The second-order valence-corrected chi connectivity index (χ2v) is 9.65. The van der Waals surface area contributed by atoms with Gasteiger partial charge in [-0.2, -0.15) is 0 Å². The summed E-state index contributed by atoms with van der Waals surface area (Å²) < 4.78 is 0. The van der Waals surface area contributed by atoms with Crippen molar-refractivity contribution < 1.29 is 0 Å². The largest absolute Gasteiger partial charge is 0.377 e. The van der Waals surface area contributed by atoms with E-state index in [1.165, 1.54) is 55.4 Å². The van der Waals surface area contributed by atoms with Crippen molar-refractivity contribution in [3.8, 4) is 0 Å². The minimum atomic E-state index is 0.871. The van der Waals surface area contributed by atoms with Crippen molar-refractivity contribution in [3.63, 3.8) is 0 Å². The van der Waals surface area contributed by atoms with Crippen LogP contribution in [0.5, 0.6) is 0 Å². The van der Waals surface area contributed by atoms with Crippen LogP contribution in [0.15, 0.2) is 60.7 Å². The molecular formula is C29H36N4. The first-order chi connectivity index (χ1) is 15.7. The summed E-state index contributed by atoms with van der Waals surface area (Å²) >= 11 is 0. The lowest BCUT2D eigenvalue weighted by Crippen LogP contribution is -2.17. The summed E-state index contributed by atoms with van der Waals surface area (Å²) in [7, 11) is 17.1. The zero-order valence-electron chi connectivity index (χ0n) is 21.3. The summed E-state index contributed by atoms with van der Waals surface area (Å²) in [4.78, 5) is 8.96. The van der Waals surface area contributed by atoms with Gasteiger partial charge in [0.05, 0.1) is 0 Å². The summed E-state index contributed by atoms with van der Waals surface area (Å²) in [6, 6.07) is 22.3. The molecule has 0 aliphatic rings. The van der Waals surface area contributed by atoms with E-state index in [1.807, 2.05) is 0 Å². The van der Waals surface area contributed by atoms with Gasteiger partial charge in [0.1, 0.15) is 0 Å². The Morgan fingerprint density at radius 3 is 1.18 bits per heavy atom. The number of rotatable bonds is 6. The second-order valence-electron chi connectivity index (χ2n) is 9.65. The van der Waals surface area contributed by atoms with Crippen LogP contribution in [0, 0.1) is 0 Å². The van der Waals surface area contributed by atoms with Gasteiger partial charge in [-0.25, -0.2) is 0 Å². The Balaban J connectivity index is 1.98. The van der Waals surface area contributed by atoms with Crippen molar-refractivity contribution >= 4 is 44.3 Å². The molecule has 4 aromatic carbocycles. The van der Waals surface area contributed by atoms with Gasteiger partial charge in [-0.3, -0.25) is 0 Å². The Bertz CT molecular complexity index is 1200. The second kappa shape index (κ2) is 8.86. The van der Waals surface area contributed by atoms with Crippen LogP contribution >= 0.6 is 0 Å². The van der Waals surface area contributed by atoms with E-state index in [0.29, 0.717) is 0 Å². The normalized spacial score (nSPS) is 11.2. The number of hydrogen-bond donors (Lipinski definition) is 0. The van der Waals surface area contributed by atoms with E-state index in [9.17, 15) is 0 Å². The highest BCUT2D eigenvalue weighted by Gasteiger charge is 2.19. The van der Waals surface area contributed by atoms with Gasteiger partial charge >= 0.3 is 0 Å². The number of hydrogen-bond acceptors (Lipinski definition) is 4. The van der Waals surface area contributed by atoms with E-state index < -0.39 is 0 Å². The third-order valence-electron chi connectivity index (χ3n) is 6.40. The van der Waals surface area contributed by atoms with Crippen molar-refractivity contribution in [2.75, 3.05) is 76.0 Å². The maximum Gasteiger partial charge on any atom is 0.0497 e. The zero-order chi connectivity index (χ0) is 23.9. The van der Waals surface area contributed by atoms with Gasteiger partial charge in [0.15, 0.2) is 0 Å². The molecule has 0 aromatic heterocycles. The smallest absolute Gasteiger partial charge is 0.0497 e. The van der Waals surface area contributed by atoms with Crippen molar-refractivity contribution in [2.45, 2.75) is 6.42 Å². The molecular weight excluding hydrogens is 404 g/mol. The zero-order valence-corrected chi connectivity index (χ0v) is 21.3. The number of nitrogens with zero attached hydrogens (tertiary/aromatic N) is 4. The van der Waals surface area contributed by atoms with E-state index >= 15 is 0 Å². The molecule has 0 fully saturated rings. The molecule has 0 radical (unpaired) electrons. The van der Waals surface area contributed by atoms with Crippen LogP contribution in [0.4, 0.5) is 22.7 Å². The van der Waals surface area contributed by atoms with Crippen molar-refractivity contribution in [2.24, 2.45) is 0 Å². The van der Waals surface area contributed by atoms with Crippen LogP contribution in [0.25, 0.3) is 21.5 Å². The van der Waals surface area contributed by atoms with Gasteiger partial charge in [0.2, 0.25) is 0 Å². The van der Waals surface area contributed by atoms with E-state index in [4.69, 9.17) is 0 Å². The minimum Gasteiger partial charge on any atom is -0.377 e. The number of fused-ring (bicyclic) bond motifs is 2. The number of benzene rings is 4. The Hall–Kier alpha value is -3.40. The molecule has 4 heteroatoms. The van der Waals surface area contributed by atoms with Crippen LogP contribution in [0.1, 0.15) is 11.1 Å². The van der Waals surface area contributed by atoms with Crippen LogP contribution < -0.4 is 19.6 Å². The van der Waals surface area contributed by atoms with Gasteiger partial charge < -0.3 is 19.6 Å². The quantitative estimate of drug-likeness (QED) is 0.373. The average molecular weight is 441 g/mol. The SMILES string of the molecule is CN(C)c1cccc2ccc(Cc3ccc4cccc(N(C)C)c4c3N(C)C)c(N(C)C)c12. The molecule has 0 saturated heterocycles. The molecule has 4 rings (SSSR count).